The molecule has 0 radical (unpaired) electrons. The van der Waals surface area contributed by atoms with Crippen molar-refractivity contribution in [2.24, 2.45) is 0 Å². The van der Waals surface area contributed by atoms with Crippen LogP contribution >= 0.6 is 0 Å². The number of hydrogen-bond acceptors (Lipinski definition) is 3. The maximum Gasteiger partial charge on any atom is 0.201 e. The molecule has 3 N–H and O–H groups in total. The fraction of sp³-hybridized carbons (Fsp3) is 0.333. The summed E-state index contributed by atoms with van der Waals surface area (Å²) in [6.45, 7) is 5.49. The summed E-state index contributed by atoms with van der Waals surface area (Å²) in [6, 6.07) is 2.69. The average molecular weight is 264 g/mol. The van der Waals surface area contributed by atoms with Gasteiger partial charge < -0.3 is 15.3 Å². The molecule has 0 saturated heterocycles. The van der Waals surface area contributed by atoms with Crippen LogP contribution in [0.1, 0.15) is 37.8 Å². The number of halogens is 1. The van der Waals surface area contributed by atoms with E-state index >= 15 is 0 Å². The molecular formula is C15H17FO3. The molecule has 2 rings (SSSR count). The molecule has 0 aliphatic rings. The minimum atomic E-state index is -0.551. The first-order valence-corrected chi connectivity index (χ1v) is 6.27. The summed E-state index contributed by atoms with van der Waals surface area (Å²) in [5, 5.41) is 30.6. The lowest BCUT2D eigenvalue weighted by molar-refractivity contribution is 0.367. The Morgan fingerprint density at radius 1 is 1.05 bits per heavy atom. The number of hydrogen-bond donors (Lipinski definition) is 3. The van der Waals surface area contributed by atoms with Gasteiger partial charge >= 0.3 is 0 Å². The van der Waals surface area contributed by atoms with Gasteiger partial charge in [-0.2, -0.15) is 0 Å². The average Bonchev–Trinajstić information content (AvgIpc) is 2.36. The number of phenolic OH excluding ortho intramolecular Hbond substituents is 3. The van der Waals surface area contributed by atoms with Crippen LogP contribution in [0.2, 0.25) is 0 Å². The summed E-state index contributed by atoms with van der Waals surface area (Å²) in [5.41, 5.74) is 0.897. The largest absolute Gasteiger partial charge is 0.504 e. The molecule has 0 amide bonds. The number of aryl methyl sites for hydroxylation is 1. The van der Waals surface area contributed by atoms with Gasteiger partial charge in [0.15, 0.2) is 11.5 Å². The molecule has 0 bridgehead atoms. The minimum absolute atomic E-state index is 0.110. The maximum absolute atomic E-state index is 13.9. The van der Waals surface area contributed by atoms with Crippen LogP contribution in [0.15, 0.2) is 12.1 Å². The van der Waals surface area contributed by atoms with E-state index in [4.69, 9.17) is 0 Å². The zero-order chi connectivity index (χ0) is 14.3. The third-order valence-electron chi connectivity index (χ3n) is 3.41. The van der Waals surface area contributed by atoms with Crippen LogP contribution in [0.5, 0.6) is 17.2 Å². The van der Waals surface area contributed by atoms with E-state index in [0.717, 1.165) is 0 Å². The van der Waals surface area contributed by atoms with E-state index in [1.54, 1.807) is 0 Å². The molecular weight excluding hydrogens is 247 g/mol. The molecule has 0 saturated carbocycles. The Morgan fingerprint density at radius 2 is 1.68 bits per heavy atom. The van der Waals surface area contributed by atoms with Crippen molar-refractivity contribution in [2.45, 2.75) is 33.1 Å². The highest BCUT2D eigenvalue weighted by atomic mass is 19.1. The van der Waals surface area contributed by atoms with E-state index in [0.29, 0.717) is 28.3 Å². The zero-order valence-electron chi connectivity index (χ0n) is 11.2. The van der Waals surface area contributed by atoms with Gasteiger partial charge in [-0.3, -0.25) is 0 Å². The minimum Gasteiger partial charge on any atom is -0.504 e. The number of fused-ring (bicyclic) bond motifs is 1. The van der Waals surface area contributed by atoms with Crippen molar-refractivity contribution in [3.63, 3.8) is 0 Å². The van der Waals surface area contributed by atoms with Crippen molar-refractivity contribution in [3.05, 3.63) is 29.1 Å². The van der Waals surface area contributed by atoms with Gasteiger partial charge in [0.25, 0.3) is 0 Å². The SMILES string of the molecule is CCc1c(F)ccc2c(O)c(O)c(O)c(C(C)C)c12. The van der Waals surface area contributed by atoms with E-state index in [2.05, 4.69) is 0 Å². The van der Waals surface area contributed by atoms with Gasteiger partial charge in [-0.1, -0.05) is 20.8 Å². The van der Waals surface area contributed by atoms with Gasteiger partial charge in [0.1, 0.15) is 5.82 Å². The highest BCUT2D eigenvalue weighted by molar-refractivity contribution is 5.98. The molecule has 0 atom stereocenters. The Morgan fingerprint density at radius 3 is 2.21 bits per heavy atom. The Kier molecular flexibility index (Phi) is 3.27. The van der Waals surface area contributed by atoms with E-state index in [-0.39, 0.29) is 17.5 Å². The lowest BCUT2D eigenvalue weighted by Crippen LogP contribution is -1.98. The Hall–Kier alpha value is -1.97. The second kappa shape index (κ2) is 4.61. The van der Waals surface area contributed by atoms with Crippen molar-refractivity contribution in [1.29, 1.82) is 0 Å². The maximum atomic E-state index is 13.9. The molecule has 0 spiro atoms. The molecule has 0 aliphatic carbocycles. The number of rotatable bonds is 2. The molecule has 2 aromatic rings. The number of phenols is 3. The lowest BCUT2D eigenvalue weighted by atomic mass is 9.89. The summed E-state index contributed by atoms with van der Waals surface area (Å²) < 4.78 is 13.9. The molecule has 0 aromatic heterocycles. The molecule has 19 heavy (non-hydrogen) atoms. The first-order valence-electron chi connectivity index (χ1n) is 6.27. The van der Waals surface area contributed by atoms with Crippen molar-refractivity contribution in [2.75, 3.05) is 0 Å². The van der Waals surface area contributed by atoms with Crippen LogP contribution in [0.4, 0.5) is 4.39 Å². The van der Waals surface area contributed by atoms with Crippen LogP contribution in [-0.2, 0) is 6.42 Å². The van der Waals surface area contributed by atoms with Gasteiger partial charge in [0.05, 0.1) is 0 Å². The smallest absolute Gasteiger partial charge is 0.201 e. The van der Waals surface area contributed by atoms with Crippen molar-refractivity contribution in [3.8, 4) is 17.2 Å². The Balaban J connectivity index is 3.09. The third-order valence-corrected chi connectivity index (χ3v) is 3.41. The quantitative estimate of drug-likeness (QED) is 0.723. The predicted molar refractivity (Wildman–Crippen MR) is 72.4 cm³/mol. The van der Waals surface area contributed by atoms with Crippen LogP contribution in [0.25, 0.3) is 10.8 Å². The number of benzene rings is 2. The van der Waals surface area contributed by atoms with Gasteiger partial charge in [0.2, 0.25) is 5.75 Å². The second-order valence-electron chi connectivity index (χ2n) is 4.92. The van der Waals surface area contributed by atoms with E-state index < -0.39 is 11.5 Å². The lowest BCUT2D eigenvalue weighted by Gasteiger charge is -2.18. The first-order chi connectivity index (χ1) is 8.90. The van der Waals surface area contributed by atoms with Gasteiger partial charge in [0, 0.05) is 10.9 Å². The predicted octanol–water partition coefficient (Wildman–Crippen LogP) is 3.78. The zero-order valence-corrected chi connectivity index (χ0v) is 11.2. The monoisotopic (exact) mass is 264 g/mol. The standard InChI is InChI=1S/C15H17FO3/c1-4-8-10(16)6-5-9-12(8)11(7(2)3)14(18)15(19)13(9)17/h5-7,17-19H,4H2,1-3H3. The molecule has 3 nitrogen and oxygen atoms in total. The molecule has 0 heterocycles. The molecule has 0 aliphatic heterocycles. The van der Waals surface area contributed by atoms with Crippen LogP contribution in [0, 0.1) is 5.82 Å². The summed E-state index contributed by atoms with van der Waals surface area (Å²) in [6.07, 6.45) is 0.437. The molecule has 0 unspecified atom stereocenters. The summed E-state index contributed by atoms with van der Waals surface area (Å²) in [5.74, 6) is -1.82. The third kappa shape index (κ3) is 1.87. The van der Waals surface area contributed by atoms with Crippen LogP contribution < -0.4 is 0 Å². The normalized spacial score (nSPS) is 11.4. The Bertz CT molecular complexity index is 648. The van der Waals surface area contributed by atoms with E-state index in [1.807, 2.05) is 20.8 Å². The van der Waals surface area contributed by atoms with Crippen molar-refractivity contribution in [1.82, 2.24) is 0 Å². The topological polar surface area (TPSA) is 60.7 Å². The molecule has 102 valence electrons. The fourth-order valence-corrected chi connectivity index (χ4v) is 2.52. The highest BCUT2D eigenvalue weighted by Crippen LogP contribution is 2.48. The second-order valence-corrected chi connectivity index (χ2v) is 4.92. The first kappa shape index (κ1) is 13.5. The summed E-state index contributed by atoms with van der Waals surface area (Å²) in [7, 11) is 0. The number of aromatic hydroxyl groups is 3. The van der Waals surface area contributed by atoms with Gasteiger partial charge in [-0.15, -0.1) is 0 Å². The van der Waals surface area contributed by atoms with Crippen LogP contribution in [0.3, 0.4) is 0 Å². The van der Waals surface area contributed by atoms with Gasteiger partial charge in [-0.25, -0.2) is 4.39 Å². The van der Waals surface area contributed by atoms with E-state index in [9.17, 15) is 19.7 Å². The van der Waals surface area contributed by atoms with Crippen molar-refractivity contribution < 1.29 is 19.7 Å². The summed E-state index contributed by atoms with van der Waals surface area (Å²) in [4.78, 5) is 0. The Labute approximate surface area is 110 Å². The fourth-order valence-electron chi connectivity index (χ4n) is 2.52. The van der Waals surface area contributed by atoms with E-state index in [1.165, 1.54) is 12.1 Å². The van der Waals surface area contributed by atoms with Gasteiger partial charge in [-0.05, 0) is 35.4 Å². The van der Waals surface area contributed by atoms with Crippen molar-refractivity contribution >= 4 is 10.8 Å². The van der Waals surface area contributed by atoms with Crippen LogP contribution in [-0.4, -0.2) is 15.3 Å². The highest BCUT2D eigenvalue weighted by Gasteiger charge is 2.23. The summed E-state index contributed by atoms with van der Waals surface area (Å²) >= 11 is 0. The molecule has 0 fully saturated rings. The molecule has 2 aromatic carbocycles. The molecule has 4 heteroatoms.